The number of benzene rings is 2. The molecule has 0 atom stereocenters. The molecule has 0 amide bonds. The van der Waals surface area contributed by atoms with Crippen LogP contribution in [0.15, 0.2) is 36.4 Å². The fraction of sp³-hybridized carbons (Fsp3) is 0.613. The largest absolute Gasteiger partial charge is 0.346 e. The average molecular weight is 453 g/mol. The third kappa shape index (κ3) is 5.89. The molecular weight excluding hydrogens is 404 g/mol. The van der Waals surface area contributed by atoms with Gasteiger partial charge in [0.15, 0.2) is 0 Å². The minimum Gasteiger partial charge on any atom is -0.346 e. The van der Waals surface area contributed by atoms with Crippen molar-refractivity contribution in [3.63, 3.8) is 0 Å². The lowest BCUT2D eigenvalue weighted by atomic mass is 9.76. The predicted molar refractivity (Wildman–Crippen MR) is 142 cm³/mol. The second-order valence-corrected chi connectivity index (χ2v) is 13.6. The molecule has 184 valence electrons. The maximum Gasteiger partial charge on any atom is 0.221 e. The van der Waals surface area contributed by atoms with Crippen LogP contribution in [0.25, 0.3) is 0 Å². The van der Waals surface area contributed by atoms with E-state index >= 15 is 0 Å². The van der Waals surface area contributed by atoms with E-state index in [0.29, 0.717) is 0 Å². The molecule has 0 aliphatic heterocycles. The van der Waals surface area contributed by atoms with E-state index in [0.717, 1.165) is 11.1 Å². The Morgan fingerprint density at radius 3 is 0.697 bits per heavy atom. The zero-order valence-electron chi connectivity index (χ0n) is 23.8. The Morgan fingerprint density at radius 1 is 0.364 bits per heavy atom. The summed E-state index contributed by atoms with van der Waals surface area (Å²) in [5, 5.41) is 0. The molecule has 2 heteroatoms. The maximum atomic E-state index is 6.31. The van der Waals surface area contributed by atoms with Crippen LogP contribution < -0.4 is 0 Å². The Kier molecular flexibility index (Phi) is 7.41. The molecule has 0 bridgehead atoms. The molecule has 2 aromatic rings. The van der Waals surface area contributed by atoms with Gasteiger partial charge in [0.2, 0.25) is 5.79 Å². The summed E-state index contributed by atoms with van der Waals surface area (Å²) in [6, 6.07) is 13.7. The molecule has 0 unspecified atom stereocenters. The van der Waals surface area contributed by atoms with Gasteiger partial charge in [0, 0.05) is 25.3 Å². The standard InChI is InChI=1S/C31H48O2/c1-27(2,3)21-15-22(28(4,5)6)18-25(17-21)31(32-13,33-14)26-19-23(29(7,8)9)16-24(20-26)30(10,11)12/h15-20H,1-14H3. The summed E-state index contributed by atoms with van der Waals surface area (Å²) >= 11 is 0. The summed E-state index contributed by atoms with van der Waals surface area (Å²) in [6.45, 7) is 27.1. The molecule has 0 spiro atoms. The topological polar surface area (TPSA) is 18.5 Å². The van der Waals surface area contributed by atoms with Crippen molar-refractivity contribution in [2.75, 3.05) is 14.2 Å². The van der Waals surface area contributed by atoms with Gasteiger partial charge in [-0.15, -0.1) is 0 Å². The smallest absolute Gasteiger partial charge is 0.221 e. The van der Waals surface area contributed by atoms with Gasteiger partial charge >= 0.3 is 0 Å². The monoisotopic (exact) mass is 452 g/mol. The molecule has 0 saturated carbocycles. The molecule has 33 heavy (non-hydrogen) atoms. The molecule has 0 aliphatic rings. The highest BCUT2D eigenvalue weighted by Crippen LogP contribution is 2.42. The SMILES string of the molecule is COC(OC)(c1cc(C(C)(C)C)cc(C(C)(C)C)c1)c1cc(C(C)(C)C)cc(C(C)(C)C)c1. The summed E-state index contributed by atoms with van der Waals surface area (Å²) in [6.07, 6.45) is 0. The molecule has 0 aliphatic carbocycles. The van der Waals surface area contributed by atoms with E-state index in [1.54, 1.807) is 14.2 Å². The van der Waals surface area contributed by atoms with Gasteiger partial charge in [0.1, 0.15) is 0 Å². The van der Waals surface area contributed by atoms with Crippen LogP contribution in [0.3, 0.4) is 0 Å². The normalized spacial score (nSPS) is 14.0. The number of methoxy groups -OCH3 is 2. The lowest BCUT2D eigenvalue weighted by Crippen LogP contribution is -2.34. The first-order valence-electron chi connectivity index (χ1n) is 12.2. The second-order valence-electron chi connectivity index (χ2n) is 13.6. The highest BCUT2D eigenvalue weighted by molar-refractivity contribution is 5.46. The fourth-order valence-corrected chi connectivity index (χ4v) is 4.09. The highest BCUT2D eigenvalue weighted by atomic mass is 16.7. The van der Waals surface area contributed by atoms with Gasteiger partial charge in [-0.3, -0.25) is 0 Å². The van der Waals surface area contributed by atoms with Gasteiger partial charge in [0.25, 0.3) is 0 Å². The molecule has 2 aromatic carbocycles. The van der Waals surface area contributed by atoms with E-state index in [1.165, 1.54) is 22.3 Å². The van der Waals surface area contributed by atoms with E-state index in [4.69, 9.17) is 9.47 Å². The summed E-state index contributed by atoms with van der Waals surface area (Å²) in [5.74, 6) is -0.998. The summed E-state index contributed by atoms with van der Waals surface area (Å²) < 4.78 is 12.6. The van der Waals surface area contributed by atoms with Gasteiger partial charge < -0.3 is 9.47 Å². The Morgan fingerprint density at radius 2 is 0.545 bits per heavy atom. The second kappa shape index (κ2) is 8.86. The van der Waals surface area contributed by atoms with E-state index in [2.05, 4.69) is 119 Å². The number of hydrogen-bond acceptors (Lipinski definition) is 2. The molecular formula is C31H48O2. The minimum absolute atomic E-state index is 0.00700. The van der Waals surface area contributed by atoms with Crippen LogP contribution in [0, 0.1) is 0 Å². The first-order valence-corrected chi connectivity index (χ1v) is 12.2. The zero-order chi connectivity index (χ0) is 25.6. The molecule has 0 aromatic heterocycles. The van der Waals surface area contributed by atoms with Gasteiger partial charge in [-0.1, -0.05) is 95.2 Å². The van der Waals surface area contributed by atoms with Crippen LogP contribution in [0.4, 0.5) is 0 Å². The van der Waals surface area contributed by atoms with Crippen LogP contribution in [-0.4, -0.2) is 14.2 Å². The summed E-state index contributed by atoms with van der Waals surface area (Å²) in [7, 11) is 3.51. The van der Waals surface area contributed by atoms with Crippen LogP contribution in [-0.2, 0) is 36.9 Å². The lowest BCUT2D eigenvalue weighted by molar-refractivity contribution is -0.184. The Labute approximate surface area is 204 Å². The van der Waals surface area contributed by atoms with Crippen LogP contribution >= 0.6 is 0 Å². The van der Waals surface area contributed by atoms with E-state index in [9.17, 15) is 0 Å². The average Bonchev–Trinajstić information content (AvgIpc) is 2.66. The first-order chi connectivity index (χ1) is 14.8. The van der Waals surface area contributed by atoms with E-state index in [-0.39, 0.29) is 21.7 Å². The molecule has 0 saturated heterocycles. The maximum absolute atomic E-state index is 6.31. The van der Waals surface area contributed by atoms with Gasteiger partial charge in [-0.25, -0.2) is 0 Å². The molecule has 2 nitrogen and oxygen atoms in total. The Hall–Kier alpha value is -1.64. The number of rotatable bonds is 4. The van der Waals surface area contributed by atoms with Crippen molar-refractivity contribution in [3.8, 4) is 0 Å². The van der Waals surface area contributed by atoms with E-state index in [1.807, 2.05) is 0 Å². The zero-order valence-corrected chi connectivity index (χ0v) is 23.8. The summed E-state index contributed by atoms with van der Waals surface area (Å²) in [5.41, 5.74) is 7.24. The van der Waals surface area contributed by atoms with Crippen molar-refractivity contribution in [2.45, 2.75) is 111 Å². The predicted octanol–water partition coefficient (Wildman–Crippen LogP) is 8.37. The van der Waals surface area contributed by atoms with Crippen LogP contribution in [0.2, 0.25) is 0 Å². The van der Waals surface area contributed by atoms with Gasteiger partial charge in [-0.2, -0.15) is 0 Å². The molecule has 0 radical (unpaired) electrons. The van der Waals surface area contributed by atoms with Crippen molar-refractivity contribution in [2.24, 2.45) is 0 Å². The van der Waals surface area contributed by atoms with Crippen LogP contribution in [0.5, 0.6) is 0 Å². The molecule has 0 fully saturated rings. The third-order valence-electron chi connectivity index (χ3n) is 6.67. The quantitative estimate of drug-likeness (QED) is 0.434. The minimum atomic E-state index is -0.998. The molecule has 0 N–H and O–H groups in total. The fourth-order valence-electron chi connectivity index (χ4n) is 4.09. The first kappa shape index (κ1) is 27.6. The lowest BCUT2D eigenvalue weighted by Gasteiger charge is -2.37. The Bertz CT molecular complexity index is 824. The molecule has 0 heterocycles. The van der Waals surface area contributed by atoms with Crippen molar-refractivity contribution in [3.05, 3.63) is 69.8 Å². The molecule has 2 rings (SSSR count). The van der Waals surface area contributed by atoms with Gasteiger partial charge in [-0.05, 0) is 68.2 Å². The summed E-state index contributed by atoms with van der Waals surface area (Å²) in [4.78, 5) is 0. The highest BCUT2D eigenvalue weighted by Gasteiger charge is 2.38. The van der Waals surface area contributed by atoms with Crippen LogP contribution in [0.1, 0.15) is 116 Å². The van der Waals surface area contributed by atoms with Crippen molar-refractivity contribution >= 4 is 0 Å². The van der Waals surface area contributed by atoms with Crippen molar-refractivity contribution in [1.29, 1.82) is 0 Å². The van der Waals surface area contributed by atoms with Crippen molar-refractivity contribution < 1.29 is 9.47 Å². The third-order valence-corrected chi connectivity index (χ3v) is 6.67. The number of hydrogen-bond donors (Lipinski definition) is 0. The Balaban J connectivity index is 2.97. The number of ether oxygens (including phenoxy) is 2. The van der Waals surface area contributed by atoms with E-state index < -0.39 is 5.79 Å². The van der Waals surface area contributed by atoms with Gasteiger partial charge in [0.05, 0.1) is 0 Å². The van der Waals surface area contributed by atoms with Crippen molar-refractivity contribution in [1.82, 2.24) is 0 Å².